The first kappa shape index (κ1) is 13.8. The quantitative estimate of drug-likeness (QED) is 0.866. The fraction of sp³-hybridized carbons (Fsp3) is 0.154. The minimum Gasteiger partial charge on any atom is -0.406 e. The summed E-state index contributed by atoms with van der Waals surface area (Å²) >= 11 is 0. The van der Waals surface area contributed by atoms with Crippen LogP contribution in [0.15, 0.2) is 36.8 Å². The van der Waals surface area contributed by atoms with E-state index in [2.05, 4.69) is 14.7 Å². The predicted molar refractivity (Wildman–Crippen MR) is 63.5 cm³/mol. The Morgan fingerprint density at radius 3 is 2.50 bits per heavy atom. The van der Waals surface area contributed by atoms with Gasteiger partial charge in [0.1, 0.15) is 12.1 Å². The zero-order valence-corrected chi connectivity index (χ0v) is 10.1. The predicted octanol–water partition coefficient (Wildman–Crippen LogP) is 3.11. The summed E-state index contributed by atoms with van der Waals surface area (Å²) in [7, 11) is 0. The summed E-state index contributed by atoms with van der Waals surface area (Å²) in [6, 6.07) is 7.27. The molecule has 0 saturated heterocycles. The van der Waals surface area contributed by atoms with Crippen molar-refractivity contribution < 1.29 is 17.9 Å². The van der Waals surface area contributed by atoms with Crippen molar-refractivity contribution in [3.05, 3.63) is 42.4 Å². The van der Waals surface area contributed by atoms with Gasteiger partial charge >= 0.3 is 6.36 Å². The molecule has 102 valence electrons. The van der Waals surface area contributed by atoms with Crippen molar-refractivity contribution in [2.75, 3.05) is 0 Å². The zero-order valence-electron chi connectivity index (χ0n) is 10.1. The molecule has 0 amide bonds. The van der Waals surface area contributed by atoms with Crippen LogP contribution in [-0.4, -0.2) is 16.3 Å². The van der Waals surface area contributed by atoms with E-state index in [-0.39, 0.29) is 12.2 Å². The maximum Gasteiger partial charge on any atom is 0.573 e. The van der Waals surface area contributed by atoms with E-state index in [0.29, 0.717) is 16.8 Å². The maximum absolute atomic E-state index is 12.1. The van der Waals surface area contributed by atoms with Crippen LogP contribution < -0.4 is 4.74 Å². The minimum absolute atomic E-state index is 0.122. The smallest absolute Gasteiger partial charge is 0.406 e. The van der Waals surface area contributed by atoms with Gasteiger partial charge in [0.15, 0.2) is 0 Å². The van der Waals surface area contributed by atoms with Crippen molar-refractivity contribution in [1.29, 1.82) is 5.26 Å². The van der Waals surface area contributed by atoms with E-state index in [1.165, 1.54) is 36.8 Å². The molecule has 2 aromatic rings. The summed E-state index contributed by atoms with van der Waals surface area (Å²) in [5.74, 6) is -0.308. The van der Waals surface area contributed by atoms with Crippen LogP contribution in [0.2, 0.25) is 0 Å². The molecule has 0 N–H and O–H groups in total. The Kier molecular flexibility index (Phi) is 3.84. The summed E-state index contributed by atoms with van der Waals surface area (Å²) in [5.41, 5.74) is 1.71. The molecular formula is C13H8F3N3O. The number of benzene rings is 1. The number of aromatic nitrogens is 2. The SMILES string of the molecule is N#CCc1cncnc1-c1ccc(OC(F)(F)F)cc1. The first-order chi connectivity index (χ1) is 9.49. The summed E-state index contributed by atoms with van der Waals surface area (Å²) in [4.78, 5) is 7.87. The van der Waals surface area contributed by atoms with Crippen LogP contribution >= 0.6 is 0 Å². The molecule has 0 aliphatic carbocycles. The fourth-order valence-corrected chi connectivity index (χ4v) is 1.65. The van der Waals surface area contributed by atoms with Crippen molar-refractivity contribution in [3.63, 3.8) is 0 Å². The number of nitriles is 1. The lowest BCUT2D eigenvalue weighted by Crippen LogP contribution is -2.16. The van der Waals surface area contributed by atoms with Crippen LogP contribution in [0, 0.1) is 11.3 Å². The van der Waals surface area contributed by atoms with E-state index in [4.69, 9.17) is 5.26 Å². The lowest BCUT2D eigenvalue weighted by atomic mass is 10.1. The molecule has 0 saturated carbocycles. The van der Waals surface area contributed by atoms with Crippen molar-refractivity contribution >= 4 is 0 Å². The number of halogens is 3. The van der Waals surface area contributed by atoms with E-state index in [1.807, 2.05) is 6.07 Å². The highest BCUT2D eigenvalue weighted by atomic mass is 19.4. The molecule has 20 heavy (non-hydrogen) atoms. The second kappa shape index (κ2) is 5.57. The van der Waals surface area contributed by atoms with Gasteiger partial charge in [-0.1, -0.05) is 0 Å². The molecule has 0 aliphatic rings. The number of hydrogen-bond acceptors (Lipinski definition) is 4. The van der Waals surface area contributed by atoms with Gasteiger partial charge in [-0.2, -0.15) is 5.26 Å². The molecule has 4 nitrogen and oxygen atoms in total. The van der Waals surface area contributed by atoms with E-state index in [9.17, 15) is 13.2 Å². The van der Waals surface area contributed by atoms with Crippen molar-refractivity contribution in [1.82, 2.24) is 9.97 Å². The van der Waals surface area contributed by atoms with Crippen LogP contribution in [-0.2, 0) is 6.42 Å². The highest BCUT2D eigenvalue weighted by molar-refractivity contribution is 5.63. The minimum atomic E-state index is -4.72. The van der Waals surface area contributed by atoms with Crippen LogP contribution in [0.3, 0.4) is 0 Å². The Bertz CT molecular complexity index is 633. The first-order valence-electron chi connectivity index (χ1n) is 5.51. The largest absolute Gasteiger partial charge is 0.573 e. The van der Waals surface area contributed by atoms with Gasteiger partial charge in [0, 0.05) is 17.3 Å². The number of rotatable bonds is 3. The standard InChI is InChI=1S/C13H8F3N3O/c14-13(15,16)20-11-3-1-9(2-4-11)12-10(5-6-17)7-18-8-19-12/h1-4,7-8H,5H2. The topological polar surface area (TPSA) is 58.8 Å². The van der Waals surface area contributed by atoms with Crippen molar-refractivity contribution in [3.8, 4) is 23.1 Å². The second-order valence-corrected chi connectivity index (χ2v) is 3.80. The summed E-state index contributed by atoms with van der Waals surface area (Å²) in [6.07, 6.45) is -1.78. The Balaban J connectivity index is 2.29. The lowest BCUT2D eigenvalue weighted by molar-refractivity contribution is -0.274. The average Bonchev–Trinajstić information content (AvgIpc) is 2.39. The summed E-state index contributed by atoms with van der Waals surface area (Å²) < 4.78 is 39.9. The van der Waals surface area contributed by atoms with Crippen LogP contribution in [0.1, 0.15) is 5.56 Å². The normalized spacial score (nSPS) is 10.9. The van der Waals surface area contributed by atoms with Gasteiger partial charge in [-0.3, -0.25) is 0 Å². The molecule has 0 fully saturated rings. The fourth-order valence-electron chi connectivity index (χ4n) is 1.65. The Labute approximate surface area is 112 Å². The van der Waals surface area contributed by atoms with Crippen LogP contribution in [0.4, 0.5) is 13.2 Å². The first-order valence-corrected chi connectivity index (χ1v) is 5.51. The molecule has 0 atom stereocenters. The zero-order chi connectivity index (χ0) is 14.6. The highest BCUT2D eigenvalue weighted by Gasteiger charge is 2.30. The number of hydrogen-bond donors (Lipinski definition) is 0. The van der Waals surface area contributed by atoms with Gasteiger partial charge < -0.3 is 4.74 Å². The second-order valence-electron chi connectivity index (χ2n) is 3.80. The summed E-state index contributed by atoms with van der Waals surface area (Å²) in [6.45, 7) is 0. The lowest BCUT2D eigenvalue weighted by Gasteiger charge is -2.10. The van der Waals surface area contributed by atoms with E-state index >= 15 is 0 Å². The van der Waals surface area contributed by atoms with Gasteiger partial charge in [-0.15, -0.1) is 13.2 Å². The van der Waals surface area contributed by atoms with Gasteiger partial charge in [-0.25, -0.2) is 9.97 Å². The average molecular weight is 279 g/mol. The van der Waals surface area contributed by atoms with E-state index < -0.39 is 6.36 Å². The molecule has 1 aromatic heterocycles. The van der Waals surface area contributed by atoms with Crippen molar-refractivity contribution in [2.45, 2.75) is 12.8 Å². The van der Waals surface area contributed by atoms with Gasteiger partial charge in [0.25, 0.3) is 0 Å². The number of alkyl halides is 3. The molecule has 1 aromatic carbocycles. The Morgan fingerprint density at radius 2 is 1.90 bits per heavy atom. The van der Waals surface area contributed by atoms with E-state index in [1.54, 1.807) is 0 Å². The third-order valence-electron chi connectivity index (χ3n) is 2.42. The van der Waals surface area contributed by atoms with Crippen LogP contribution in [0.25, 0.3) is 11.3 Å². The van der Waals surface area contributed by atoms with Gasteiger partial charge in [-0.05, 0) is 24.3 Å². The number of nitrogens with zero attached hydrogens (tertiary/aromatic N) is 3. The Morgan fingerprint density at radius 1 is 1.20 bits per heavy atom. The van der Waals surface area contributed by atoms with Gasteiger partial charge in [0.2, 0.25) is 0 Å². The summed E-state index contributed by atoms with van der Waals surface area (Å²) in [5, 5.41) is 8.71. The van der Waals surface area contributed by atoms with Crippen LogP contribution in [0.5, 0.6) is 5.75 Å². The molecule has 0 aliphatic heterocycles. The molecule has 0 unspecified atom stereocenters. The molecule has 0 spiro atoms. The molecule has 7 heteroatoms. The van der Waals surface area contributed by atoms with Gasteiger partial charge in [0.05, 0.1) is 18.2 Å². The number of ether oxygens (including phenoxy) is 1. The highest BCUT2D eigenvalue weighted by Crippen LogP contribution is 2.26. The molecule has 2 rings (SSSR count). The molecule has 0 bridgehead atoms. The molecular weight excluding hydrogens is 271 g/mol. The maximum atomic E-state index is 12.1. The molecule has 0 radical (unpaired) electrons. The molecule has 1 heterocycles. The van der Waals surface area contributed by atoms with Crippen molar-refractivity contribution in [2.24, 2.45) is 0 Å². The monoisotopic (exact) mass is 279 g/mol. The Hall–Kier alpha value is -2.62. The third kappa shape index (κ3) is 3.45. The van der Waals surface area contributed by atoms with E-state index in [0.717, 1.165) is 0 Å². The third-order valence-corrected chi connectivity index (χ3v) is 2.42.